The van der Waals surface area contributed by atoms with Crippen LogP contribution in [0, 0.1) is 6.92 Å². The standard InChI is InChI=1S/C14H18N4O/c1-10-4-6-12(7-5-10)18-13(16-17-14(18)19)11-3-2-8-15-9-11/h4-7,11,15H,2-3,8-9H2,1H3,(H,17,19). The maximum Gasteiger partial charge on any atom is 0.347 e. The van der Waals surface area contributed by atoms with Gasteiger partial charge < -0.3 is 5.32 Å². The van der Waals surface area contributed by atoms with Gasteiger partial charge in [0.2, 0.25) is 0 Å². The Hall–Kier alpha value is -1.88. The van der Waals surface area contributed by atoms with Crippen LogP contribution in [0.3, 0.4) is 0 Å². The number of aryl methyl sites for hydroxylation is 1. The van der Waals surface area contributed by atoms with Crippen molar-refractivity contribution in [3.05, 3.63) is 46.1 Å². The van der Waals surface area contributed by atoms with Gasteiger partial charge in [0.05, 0.1) is 5.69 Å². The van der Waals surface area contributed by atoms with Gasteiger partial charge in [0.1, 0.15) is 5.82 Å². The fourth-order valence-corrected chi connectivity index (χ4v) is 2.60. The van der Waals surface area contributed by atoms with Gasteiger partial charge in [-0.2, -0.15) is 5.10 Å². The smallest absolute Gasteiger partial charge is 0.316 e. The van der Waals surface area contributed by atoms with E-state index >= 15 is 0 Å². The molecule has 1 aromatic heterocycles. The highest BCUT2D eigenvalue weighted by Crippen LogP contribution is 2.22. The quantitative estimate of drug-likeness (QED) is 0.854. The summed E-state index contributed by atoms with van der Waals surface area (Å²) in [6.07, 6.45) is 2.20. The van der Waals surface area contributed by atoms with Crippen LogP contribution >= 0.6 is 0 Å². The highest BCUT2D eigenvalue weighted by Gasteiger charge is 2.22. The molecule has 19 heavy (non-hydrogen) atoms. The number of rotatable bonds is 2. The van der Waals surface area contributed by atoms with E-state index in [4.69, 9.17) is 0 Å². The van der Waals surface area contributed by atoms with Crippen LogP contribution in [0.1, 0.15) is 30.1 Å². The fraction of sp³-hybridized carbons (Fsp3) is 0.429. The van der Waals surface area contributed by atoms with Crippen molar-refractivity contribution in [3.8, 4) is 5.69 Å². The molecule has 5 nitrogen and oxygen atoms in total. The number of hydrogen-bond acceptors (Lipinski definition) is 3. The Morgan fingerprint density at radius 3 is 2.79 bits per heavy atom. The molecule has 0 amide bonds. The topological polar surface area (TPSA) is 62.7 Å². The highest BCUT2D eigenvalue weighted by molar-refractivity contribution is 5.35. The summed E-state index contributed by atoms with van der Waals surface area (Å²) >= 11 is 0. The van der Waals surface area contributed by atoms with Gasteiger partial charge in [-0.15, -0.1) is 0 Å². The van der Waals surface area contributed by atoms with Crippen LogP contribution in [-0.4, -0.2) is 27.9 Å². The molecular formula is C14H18N4O. The summed E-state index contributed by atoms with van der Waals surface area (Å²) in [6.45, 7) is 3.97. The van der Waals surface area contributed by atoms with E-state index < -0.39 is 0 Å². The SMILES string of the molecule is Cc1ccc(-n2c(C3CCCNC3)n[nH]c2=O)cc1. The number of nitrogens with zero attached hydrogens (tertiary/aromatic N) is 2. The van der Waals surface area contributed by atoms with Crippen LogP contribution in [0.4, 0.5) is 0 Å². The second-order valence-corrected chi connectivity index (χ2v) is 5.10. The summed E-state index contributed by atoms with van der Waals surface area (Å²) in [4.78, 5) is 12.0. The number of aromatic amines is 1. The van der Waals surface area contributed by atoms with Crippen LogP contribution in [0.25, 0.3) is 5.69 Å². The first-order valence-corrected chi connectivity index (χ1v) is 6.71. The average molecular weight is 258 g/mol. The molecule has 1 atom stereocenters. The third kappa shape index (κ3) is 2.33. The normalized spacial score (nSPS) is 19.5. The zero-order chi connectivity index (χ0) is 13.2. The molecule has 5 heteroatoms. The van der Waals surface area contributed by atoms with E-state index in [1.54, 1.807) is 4.57 Å². The van der Waals surface area contributed by atoms with E-state index in [-0.39, 0.29) is 5.69 Å². The Kier molecular flexibility index (Phi) is 3.21. The first-order valence-electron chi connectivity index (χ1n) is 6.71. The van der Waals surface area contributed by atoms with Crippen molar-refractivity contribution in [1.29, 1.82) is 0 Å². The molecule has 1 aromatic carbocycles. The van der Waals surface area contributed by atoms with Crippen LogP contribution in [-0.2, 0) is 0 Å². The minimum Gasteiger partial charge on any atom is -0.316 e. The average Bonchev–Trinajstić information content (AvgIpc) is 2.83. The Labute approximate surface area is 111 Å². The number of hydrogen-bond donors (Lipinski definition) is 2. The number of benzene rings is 1. The van der Waals surface area contributed by atoms with Crippen LogP contribution in [0.5, 0.6) is 0 Å². The van der Waals surface area contributed by atoms with Crippen molar-refractivity contribution in [3.63, 3.8) is 0 Å². The molecule has 100 valence electrons. The van der Waals surface area contributed by atoms with E-state index in [2.05, 4.69) is 15.5 Å². The Morgan fingerprint density at radius 2 is 2.11 bits per heavy atom. The van der Waals surface area contributed by atoms with Gasteiger partial charge in [-0.25, -0.2) is 14.5 Å². The molecule has 0 bridgehead atoms. The molecule has 2 N–H and O–H groups in total. The zero-order valence-electron chi connectivity index (χ0n) is 11.0. The minimum atomic E-state index is -0.163. The molecule has 1 saturated heterocycles. The van der Waals surface area contributed by atoms with Gasteiger partial charge >= 0.3 is 5.69 Å². The van der Waals surface area contributed by atoms with Gasteiger partial charge in [0.25, 0.3) is 0 Å². The lowest BCUT2D eigenvalue weighted by atomic mass is 9.99. The predicted octanol–water partition coefficient (Wildman–Crippen LogP) is 1.34. The number of aromatic nitrogens is 3. The first kappa shape index (κ1) is 12.2. The molecule has 0 aliphatic carbocycles. The van der Waals surface area contributed by atoms with Gasteiger partial charge in [-0.3, -0.25) is 0 Å². The van der Waals surface area contributed by atoms with Crippen LogP contribution in [0.2, 0.25) is 0 Å². The molecule has 0 spiro atoms. The van der Waals surface area contributed by atoms with Crippen molar-refractivity contribution in [2.75, 3.05) is 13.1 Å². The van der Waals surface area contributed by atoms with Gasteiger partial charge in [-0.1, -0.05) is 17.7 Å². The zero-order valence-corrected chi connectivity index (χ0v) is 11.0. The largest absolute Gasteiger partial charge is 0.347 e. The molecule has 0 saturated carbocycles. The maximum absolute atomic E-state index is 12.0. The summed E-state index contributed by atoms with van der Waals surface area (Å²) < 4.78 is 1.69. The second-order valence-electron chi connectivity index (χ2n) is 5.10. The monoisotopic (exact) mass is 258 g/mol. The second kappa shape index (κ2) is 5.01. The van der Waals surface area contributed by atoms with Gasteiger partial charge in [0.15, 0.2) is 0 Å². The first-order chi connectivity index (χ1) is 9.25. The van der Waals surface area contributed by atoms with Crippen LogP contribution in [0.15, 0.2) is 29.1 Å². The lowest BCUT2D eigenvalue weighted by molar-refractivity contribution is 0.442. The Bertz CT molecular complexity index is 605. The lowest BCUT2D eigenvalue weighted by Gasteiger charge is -2.22. The summed E-state index contributed by atoms with van der Waals surface area (Å²) in [5, 5.41) is 10.2. The van der Waals surface area contributed by atoms with Crippen molar-refractivity contribution >= 4 is 0 Å². The third-order valence-corrected chi connectivity index (χ3v) is 3.65. The van der Waals surface area contributed by atoms with E-state index in [1.807, 2.05) is 31.2 Å². The molecule has 1 aliphatic heterocycles. The number of nitrogens with one attached hydrogen (secondary N) is 2. The molecule has 2 aromatic rings. The van der Waals surface area contributed by atoms with Crippen molar-refractivity contribution in [1.82, 2.24) is 20.1 Å². The predicted molar refractivity (Wildman–Crippen MR) is 73.8 cm³/mol. The summed E-state index contributed by atoms with van der Waals surface area (Å²) in [6, 6.07) is 7.95. The Morgan fingerprint density at radius 1 is 1.32 bits per heavy atom. The highest BCUT2D eigenvalue weighted by atomic mass is 16.1. The van der Waals surface area contributed by atoms with Gasteiger partial charge in [-0.05, 0) is 38.4 Å². The van der Waals surface area contributed by atoms with Crippen molar-refractivity contribution in [2.45, 2.75) is 25.7 Å². The maximum atomic E-state index is 12.0. The fourth-order valence-electron chi connectivity index (χ4n) is 2.60. The van der Waals surface area contributed by atoms with Crippen LogP contribution < -0.4 is 11.0 Å². The number of piperidine rings is 1. The molecule has 3 rings (SSSR count). The molecule has 2 heterocycles. The molecule has 1 fully saturated rings. The summed E-state index contributed by atoms with van der Waals surface area (Å²) in [5.41, 5.74) is 1.90. The van der Waals surface area contributed by atoms with Gasteiger partial charge in [0, 0.05) is 12.5 Å². The van der Waals surface area contributed by atoms with E-state index in [9.17, 15) is 4.79 Å². The lowest BCUT2D eigenvalue weighted by Crippen LogP contribution is -2.31. The minimum absolute atomic E-state index is 0.163. The third-order valence-electron chi connectivity index (χ3n) is 3.65. The molecule has 1 aliphatic rings. The molecular weight excluding hydrogens is 240 g/mol. The van der Waals surface area contributed by atoms with E-state index in [1.165, 1.54) is 5.56 Å². The summed E-state index contributed by atoms with van der Waals surface area (Å²) in [5.74, 6) is 1.13. The van der Waals surface area contributed by atoms with E-state index in [0.717, 1.165) is 37.4 Å². The van der Waals surface area contributed by atoms with E-state index in [0.29, 0.717) is 5.92 Å². The Balaban J connectivity index is 2.02. The summed E-state index contributed by atoms with van der Waals surface area (Å²) in [7, 11) is 0. The molecule has 1 unspecified atom stereocenters. The molecule has 0 radical (unpaired) electrons. The number of H-pyrrole nitrogens is 1. The van der Waals surface area contributed by atoms with Crippen molar-refractivity contribution in [2.24, 2.45) is 0 Å². The van der Waals surface area contributed by atoms with Crippen molar-refractivity contribution < 1.29 is 0 Å².